The highest BCUT2D eigenvalue weighted by Gasteiger charge is 2.34. The van der Waals surface area contributed by atoms with Crippen LogP contribution in [0.3, 0.4) is 0 Å². The Labute approximate surface area is 118 Å². The van der Waals surface area contributed by atoms with Gasteiger partial charge in [-0.25, -0.2) is 0 Å². The summed E-state index contributed by atoms with van der Waals surface area (Å²) in [6, 6.07) is 10.7. The molecule has 1 aromatic carbocycles. The van der Waals surface area contributed by atoms with Crippen LogP contribution in [0, 0.1) is 11.3 Å². The summed E-state index contributed by atoms with van der Waals surface area (Å²) in [5.41, 5.74) is 1.78. The Morgan fingerprint density at radius 3 is 2.42 bits per heavy atom. The summed E-state index contributed by atoms with van der Waals surface area (Å²) in [5, 5.41) is 3.42. The fourth-order valence-corrected chi connectivity index (χ4v) is 3.42. The van der Waals surface area contributed by atoms with Gasteiger partial charge in [0.05, 0.1) is 0 Å². The summed E-state index contributed by atoms with van der Waals surface area (Å²) in [4.78, 5) is 2.42. The van der Waals surface area contributed by atoms with E-state index in [0.29, 0.717) is 5.41 Å². The van der Waals surface area contributed by atoms with E-state index in [0.717, 1.165) is 19.0 Å². The average molecular weight is 260 g/mol. The largest absolute Gasteiger partial charge is 0.374 e. The molecular weight excluding hydrogens is 232 g/mol. The smallest absolute Gasteiger partial charge is 0.0363 e. The quantitative estimate of drug-likeness (QED) is 0.871. The first-order valence-corrected chi connectivity index (χ1v) is 7.56. The van der Waals surface area contributed by atoms with Crippen LogP contribution in [0.5, 0.6) is 0 Å². The van der Waals surface area contributed by atoms with Gasteiger partial charge in [-0.1, -0.05) is 38.0 Å². The molecule has 1 aromatic rings. The van der Waals surface area contributed by atoms with Gasteiger partial charge >= 0.3 is 0 Å². The SMILES string of the molecule is CNCC1(CN(C)c2ccccc2)CCC(C)CC1. The Kier molecular flexibility index (Phi) is 4.87. The molecule has 0 heterocycles. The van der Waals surface area contributed by atoms with E-state index in [1.165, 1.54) is 31.4 Å². The molecule has 0 bridgehead atoms. The number of para-hydroxylation sites is 1. The molecule has 0 aromatic heterocycles. The van der Waals surface area contributed by atoms with Crippen LogP contribution in [0.15, 0.2) is 30.3 Å². The lowest BCUT2D eigenvalue weighted by molar-refractivity contribution is 0.161. The normalized spacial score (nSPS) is 27.2. The van der Waals surface area contributed by atoms with Gasteiger partial charge in [-0.2, -0.15) is 0 Å². The fraction of sp³-hybridized carbons (Fsp3) is 0.647. The zero-order valence-electron chi connectivity index (χ0n) is 12.7. The highest BCUT2D eigenvalue weighted by atomic mass is 15.1. The van der Waals surface area contributed by atoms with Crippen molar-refractivity contribution in [2.45, 2.75) is 32.6 Å². The molecule has 0 saturated heterocycles. The van der Waals surface area contributed by atoms with Crippen LogP contribution >= 0.6 is 0 Å². The molecule has 0 spiro atoms. The zero-order chi connectivity index (χ0) is 13.7. The topological polar surface area (TPSA) is 15.3 Å². The predicted octanol–water partition coefficient (Wildman–Crippen LogP) is 3.54. The van der Waals surface area contributed by atoms with Gasteiger partial charge in [-0.3, -0.25) is 0 Å². The van der Waals surface area contributed by atoms with E-state index in [4.69, 9.17) is 0 Å². The van der Waals surface area contributed by atoms with Crippen molar-refractivity contribution >= 4 is 5.69 Å². The highest BCUT2D eigenvalue weighted by Crippen LogP contribution is 2.39. The number of rotatable bonds is 5. The van der Waals surface area contributed by atoms with Gasteiger partial charge in [0.2, 0.25) is 0 Å². The number of benzene rings is 1. The Balaban J connectivity index is 2.04. The Hall–Kier alpha value is -1.02. The van der Waals surface area contributed by atoms with Crippen LogP contribution in [-0.2, 0) is 0 Å². The zero-order valence-corrected chi connectivity index (χ0v) is 12.7. The Morgan fingerprint density at radius 1 is 1.21 bits per heavy atom. The van der Waals surface area contributed by atoms with Gasteiger partial charge in [0.1, 0.15) is 0 Å². The Morgan fingerprint density at radius 2 is 1.84 bits per heavy atom. The van der Waals surface area contributed by atoms with Crippen LogP contribution < -0.4 is 10.2 Å². The van der Waals surface area contributed by atoms with Crippen LogP contribution in [0.1, 0.15) is 32.6 Å². The summed E-state index contributed by atoms with van der Waals surface area (Å²) in [5.74, 6) is 0.909. The molecule has 1 aliphatic rings. The standard InChI is InChI=1S/C17H28N2/c1-15-9-11-17(12-10-15,13-18-2)14-19(3)16-7-5-4-6-8-16/h4-8,15,18H,9-14H2,1-3H3. The van der Waals surface area contributed by atoms with Crippen molar-refractivity contribution in [2.75, 3.05) is 32.1 Å². The van der Waals surface area contributed by atoms with E-state index < -0.39 is 0 Å². The first-order valence-electron chi connectivity index (χ1n) is 7.56. The number of nitrogens with one attached hydrogen (secondary N) is 1. The van der Waals surface area contributed by atoms with E-state index in [2.05, 4.69) is 61.6 Å². The van der Waals surface area contributed by atoms with E-state index in [1.807, 2.05) is 0 Å². The number of anilines is 1. The van der Waals surface area contributed by atoms with Crippen molar-refractivity contribution in [1.82, 2.24) is 5.32 Å². The minimum Gasteiger partial charge on any atom is -0.374 e. The lowest BCUT2D eigenvalue weighted by atomic mass is 9.70. The van der Waals surface area contributed by atoms with Gasteiger partial charge in [0.25, 0.3) is 0 Å². The maximum absolute atomic E-state index is 3.42. The summed E-state index contributed by atoms with van der Waals surface area (Å²) < 4.78 is 0. The minimum absolute atomic E-state index is 0.450. The van der Waals surface area contributed by atoms with Crippen molar-refractivity contribution in [3.63, 3.8) is 0 Å². The first kappa shape index (κ1) is 14.4. The summed E-state index contributed by atoms with van der Waals surface area (Å²) >= 11 is 0. The van der Waals surface area contributed by atoms with Crippen LogP contribution in [0.4, 0.5) is 5.69 Å². The lowest BCUT2D eigenvalue weighted by Gasteiger charge is -2.42. The maximum Gasteiger partial charge on any atom is 0.0363 e. The molecule has 19 heavy (non-hydrogen) atoms. The monoisotopic (exact) mass is 260 g/mol. The molecule has 2 rings (SSSR count). The second-order valence-corrected chi connectivity index (χ2v) is 6.40. The second kappa shape index (κ2) is 6.42. The molecule has 2 heteroatoms. The van der Waals surface area contributed by atoms with Crippen LogP contribution in [-0.4, -0.2) is 27.2 Å². The average Bonchev–Trinajstić information content (AvgIpc) is 2.43. The molecule has 1 N–H and O–H groups in total. The number of hydrogen-bond donors (Lipinski definition) is 1. The van der Waals surface area contributed by atoms with E-state index in [1.54, 1.807) is 0 Å². The predicted molar refractivity (Wildman–Crippen MR) is 83.7 cm³/mol. The summed E-state index contributed by atoms with van der Waals surface area (Å²) in [6.07, 6.45) is 5.47. The van der Waals surface area contributed by atoms with Crippen LogP contribution in [0.2, 0.25) is 0 Å². The first-order chi connectivity index (χ1) is 9.15. The third-order valence-corrected chi connectivity index (χ3v) is 4.66. The van der Waals surface area contributed by atoms with Gasteiger partial charge in [-0.05, 0) is 37.9 Å². The van der Waals surface area contributed by atoms with Gasteiger partial charge in [0.15, 0.2) is 0 Å². The second-order valence-electron chi connectivity index (χ2n) is 6.40. The molecular formula is C17H28N2. The molecule has 1 fully saturated rings. The number of hydrogen-bond acceptors (Lipinski definition) is 2. The third-order valence-electron chi connectivity index (χ3n) is 4.66. The van der Waals surface area contributed by atoms with Gasteiger partial charge in [-0.15, -0.1) is 0 Å². The molecule has 0 amide bonds. The highest BCUT2D eigenvalue weighted by molar-refractivity contribution is 5.45. The van der Waals surface area contributed by atoms with Crippen molar-refractivity contribution < 1.29 is 0 Å². The summed E-state index contributed by atoms with van der Waals surface area (Å²) in [7, 11) is 4.31. The van der Waals surface area contributed by atoms with E-state index in [9.17, 15) is 0 Å². The minimum atomic E-state index is 0.450. The molecule has 106 valence electrons. The van der Waals surface area contributed by atoms with Crippen molar-refractivity contribution in [2.24, 2.45) is 11.3 Å². The molecule has 0 unspecified atom stereocenters. The van der Waals surface area contributed by atoms with Gasteiger partial charge < -0.3 is 10.2 Å². The molecule has 0 atom stereocenters. The maximum atomic E-state index is 3.42. The fourth-order valence-electron chi connectivity index (χ4n) is 3.42. The van der Waals surface area contributed by atoms with E-state index in [-0.39, 0.29) is 0 Å². The van der Waals surface area contributed by atoms with Gasteiger partial charge in [0, 0.05) is 31.2 Å². The van der Waals surface area contributed by atoms with E-state index >= 15 is 0 Å². The number of nitrogens with zero attached hydrogens (tertiary/aromatic N) is 1. The summed E-state index contributed by atoms with van der Waals surface area (Å²) in [6.45, 7) is 4.69. The Bertz CT molecular complexity index is 366. The molecule has 1 aliphatic carbocycles. The molecule has 0 aliphatic heterocycles. The molecule has 2 nitrogen and oxygen atoms in total. The van der Waals surface area contributed by atoms with Crippen LogP contribution in [0.25, 0.3) is 0 Å². The third kappa shape index (κ3) is 3.73. The van der Waals surface area contributed by atoms with Crippen molar-refractivity contribution in [3.8, 4) is 0 Å². The lowest BCUT2D eigenvalue weighted by Crippen LogP contribution is -2.44. The van der Waals surface area contributed by atoms with Crippen molar-refractivity contribution in [3.05, 3.63) is 30.3 Å². The van der Waals surface area contributed by atoms with Crippen molar-refractivity contribution in [1.29, 1.82) is 0 Å². The molecule has 1 saturated carbocycles. The molecule has 0 radical (unpaired) electrons.